The average Bonchev–Trinajstić information content (AvgIpc) is 2.77. The van der Waals surface area contributed by atoms with Gasteiger partial charge in [0.25, 0.3) is 10.0 Å². The normalized spacial score (nSPS) is 11.6. The Hall–Kier alpha value is -1.54. The molecule has 2 aromatic rings. The smallest absolute Gasteiger partial charge is 0.272 e. The number of aromatic nitrogens is 2. The van der Waals surface area contributed by atoms with Crippen molar-refractivity contribution in [1.29, 1.82) is 0 Å². The highest BCUT2D eigenvalue weighted by Gasteiger charge is 2.17. The highest BCUT2D eigenvalue weighted by Crippen LogP contribution is 2.24. The molecule has 0 aliphatic rings. The minimum atomic E-state index is -3.57. The fourth-order valence-electron chi connectivity index (χ4n) is 1.11. The number of aromatic amines is 1. The summed E-state index contributed by atoms with van der Waals surface area (Å²) in [5, 5.41) is 7.88. The first-order chi connectivity index (χ1) is 7.49. The van der Waals surface area contributed by atoms with Crippen molar-refractivity contribution in [3.8, 4) is 0 Å². The van der Waals surface area contributed by atoms with Gasteiger partial charge in [0, 0.05) is 16.6 Å². The number of aryl methyl sites for hydroxylation is 1. The highest BCUT2D eigenvalue weighted by atomic mass is 32.2. The first kappa shape index (κ1) is 11.0. The fraction of sp³-hybridized carbons (Fsp3) is 0.125. The summed E-state index contributed by atoms with van der Waals surface area (Å²) in [6, 6.07) is 1.42. The quantitative estimate of drug-likeness (QED) is 0.769. The lowest BCUT2D eigenvalue weighted by Crippen LogP contribution is -2.12. The third-order valence-corrected chi connectivity index (χ3v) is 4.73. The lowest BCUT2D eigenvalue weighted by atomic mass is 10.4. The molecule has 0 aliphatic heterocycles. The summed E-state index contributed by atoms with van der Waals surface area (Å²) in [6.07, 6.45) is 1.54. The van der Waals surface area contributed by atoms with Gasteiger partial charge >= 0.3 is 0 Å². The predicted octanol–water partition coefficient (Wildman–Crippen LogP) is 1.16. The molecule has 0 unspecified atom stereocenters. The molecule has 4 N–H and O–H groups in total. The van der Waals surface area contributed by atoms with Gasteiger partial charge in [-0.1, -0.05) is 0 Å². The van der Waals surface area contributed by atoms with E-state index < -0.39 is 10.0 Å². The second kappa shape index (κ2) is 3.80. The summed E-state index contributed by atoms with van der Waals surface area (Å²) < 4.78 is 26.3. The van der Waals surface area contributed by atoms with Gasteiger partial charge in [0.05, 0.1) is 6.20 Å². The number of nitrogen functional groups attached to an aromatic ring is 1. The fourth-order valence-corrected chi connectivity index (χ4v) is 3.27. The zero-order chi connectivity index (χ0) is 11.8. The Balaban J connectivity index is 2.31. The van der Waals surface area contributed by atoms with E-state index in [4.69, 9.17) is 5.73 Å². The first-order valence-corrected chi connectivity index (χ1v) is 6.72. The Morgan fingerprint density at radius 3 is 2.81 bits per heavy atom. The molecule has 2 heterocycles. The van der Waals surface area contributed by atoms with E-state index >= 15 is 0 Å². The van der Waals surface area contributed by atoms with Gasteiger partial charge in [-0.05, 0) is 13.0 Å². The summed E-state index contributed by atoms with van der Waals surface area (Å²) in [7, 11) is -3.57. The summed E-state index contributed by atoms with van der Waals surface area (Å²) in [5.41, 5.74) is 6.64. The second-order valence-corrected chi connectivity index (χ2v) is 6.05. The van der Waals surface area contributed by atoms with Crippen LogP contribution in [-0.4, -0.2) is 18.6 Å². The van der Waals surface area contributed by atoms with E-state index in [1.54, 1.807) is 18.5 Å². The van der Waals surface area contributed by atoms with Crippen LogP contribution in [0.2, 0.25) is 0 Å². The predicted molar refractivity (Wildman–Crippen MR) is 62.9 cm³/mol. The highest BCUT2D eigenvalue weighted by molar-refractivity contribution is 7.94. The molecule has 8 heteroatoms. The van der Waals surface area contributed by atoms with Crippen LogP contribution in [0.5, 0.6) is 0 Å². The van der Waals surface area contributed by atoms with Crippen LogP contribution in [0.25, 0.3) is 0 Å². The van der Waals surface area contributed by atoms with Crippen LogP contribution < -0.4 is 10.5 Å². The van der Waals surface area contributed by atoms with E-state index in [2.05, 4.69) is 14.9 Å². The van der Waals surface area contributed by atoms with Gasteiger partial charge in [-0.2, -0.15) is 5.10 Å². The Morgan fingerprint density at radius 2 is 2.31 bits per heavy atom. The van der Waals surface area contributed by atoms with E-state index in [1.807, 2.05) is 0 Å². The van der Waals surface area contributed by atoms with E-state index in [0.29, 0.717) is 11.5 Å². The number of nitrogens with two attached hydrogens (primary N) is 1. The number of hydrogen-bond donors (Lipinski definition) is 3. The van der Waals surface area contributed by atoms with Crippen molar-refractivity contribution < 1.29 is 8.42 Å². The molecule has 0 amide bonds. The molecule has 0 bridgehead atoms. The van der Waals surface area contributed by atoms with Crippen LogP contribution >= 0.6 is 11.3 Å². The summed E-state index contributed by atoms with van der Waals surface area (Å²) in [6.45, 7) is 1.75. The minimum Gasteiger partial charge on any atom is -0.398 e. The summed E-state index contributed by atoms with van der Waals surface area (Å²) in [5.74, 6) is 0.368. The molecule has 0 saturated heterocycles. The third-order valence-electron chi connectivity index (χ3n) is 1.93. The molecule has 86 valence electrons. The van der Waals surface area contributed by atoms with Crippen LogP contribution in [0.1, 0.15) is 5.56 Å². The van der Waals surface area contributed by atoms with Crippen molar-refractivity contribution >= 4 is 32.9 Å². The average molecular weight is 258 g/mol. The van der Waals surface area contributed by atoms with E-state index in [1.165, 1.54) is 6.07 Å². The van der Waals surface area contributed by atoms with Crippen molar-refractivity contribution in [2.24, 2.45) is 0 Å². The molecule has 6 nitrogen and oxygen atoms in total. The Kier molecular flexibility index (Phi) is 2.60. The lowest BCUT2D eigenvalue weighted by Gasteiger charge is -2.03. The van der Waals surface area contributed by atoms with Crippen molar-refractivity contribution in [2.75, 3.05) is 10.5 Å². The molecule has 0 aliphatic carbocycles. The molecule has 0 aromatic carbocycles. The number of anilines is 2. The molecule has 2 rings (SSSR count). The summed E-state index contributed by atoms with van der Waals surface area (Å²) in [4.78, 5) is 0. The van der Waals surface area contributed by atoms with E-state index in [-0.39, 0.29) is 4.21 Å². The molecule has 0 radical (unpaired) electrons. The first-order valence-electron chi connectivity index (χ1n) is 4.36. The number of nitrogens with one attached hydrogen (secondary N) is 2. The number of sulfonamides is 1. The van der Waals surface area contributed by atoms with Crippen LogP contribution in [0.15, 0.2) is 21.9 Å². The van der Waals surface area contributed by atoms with Gasteiger partial charge in [0.2, 0.25) is 0 Å². The van der Waals surface area contributed by atoms with Crippen LogP contribution in [0, 0.1) is 6.92 Å². The second-order valence-electron chi connectivity index (χ2n) is 3.23. The monoisotopic (exact) mass is 258 g/mol. The molecule has 0 saturated carbocycles. The van der Waals surface area contributed by atoms with Gasteiger partial charge in [-0.25, -0.2) is 8.42 Å². The minimum absolute atomic E-state index is 0.180. The number of H-pyrrole nitrogens is 1. The number of thiophene rings is 1. The standard InChI is InChI=1S/C8H10N4O2S2/c1-5-3-10-11-8(5)12-16(13,14)7-2-6(9)4-15-7/h2-4H,9H2,1H3,(H2,10,11,12). The summed E-state index contributed by atoms with van der Waals surface area (Å²) >= 11 is 1.07. The molecule has 0 fully saturated rings. The molecule has 16 heavy (non-hydrogen) atoms. The molecular formula is C8H10N4O2S2. The molecular weight excluding hydrogens is 248 g/mol. The van der Waals surface area contributed by atoms with Gasteiger partial charge < -0.3 is 5.73 Å². The zero-order valence-electron chi connectivity index (χ0n) is 8.39. The van der Waals surface area contributed by atoms with Crippen molar-refractivity contribution in [3.05, 3.63) is 23.2 Å². The topological polar surface area (TPSA) is 101 Å². The molecule has 0 atom stereocenters. The van der Waals surface area contributed by atoms with Gasteiger partial charge in [0.1, 0.15) is 10.0 Å². The number of rotatable bonds is 3. The lowest BCUT2D eigenvalue weighted by molar-refractivity contribution is 0.603. The Morgan fingerprint density at radius 1 is 1.56 bits per heavy atom. The zero-order valence-corrected chi connectivity index (χ0v) is 10.0. The molecule has 0 spiro atoms. The van der Waals surface area contributed by atoms with Crippen LogP contribution in [0.4, 0.5) is 11.5 Å². The van der Waals surface area contributed by atoms with Crippen LogP contribution in [-0.2, 0) is 10.0 Å². The largest absolute Gasteiger partial charge is 0.398 e. The van der Waals surface area contributed by atoms with Gasteiger partial charge in [0.15, 0.2) is 0 Å². The van der Waals surface area contributed by atoms with Gasteiger partial charge in [-0.3, -0.25) is 9.82 Å². The maximum atomic E-state index is 11.9. The van der Waals surface area contributed by atoms with Crippen molar-refractivity contribution in [1.82, 2.24) is 10.2 Å². The number of hydrogen-bond acceptors (Lipinski definition) is 5. The maximum Gasteiger partial charge on any atom is 0.272 e. The van der Waals surface area contributed by atoms with Crippen LogP contribution in [0.3, 0.4) is 0 Å². The van der Waals surface area contributed by atoms with Crippen molar-refractivity contribution in [2.45, 2.75) is 11.1 Å². The van der Waals surface area contributed by atoms with Crippen molar-refractivity contribution in [3.63, 3.8) is 0 Å². The maximum absolute atomic E-state index is 11.9. The van der Waals surface area contributed by atoms with Gasteiger partial charge in [-0.15, -0.1) is 11.3 Å². The number of nitrogens with zero attached hydrogens (tertiary/aromatic N) is 1. The van der Waals surface area contributed by atoms with E-state index in [0.717, 1.165) is 16.9 Å². The third kappa shape index (κ3) is 2.02. The molecule has 2 aromatic heterocycles. The SMILES string of the molecule is Cc1cn[nH]c1NS(=O)(=O)c1cc(N)cs1. The Labute approximate surface area is 96.5 Å². The van der Waals surface area contributed by atoms with E-state index in [9.17, 15) is 8.42 Å². The Bertz CT molecular complexity index is 599.